The molecular formula is C31H35N3O3. The molecular weight excluding hydrogens is 462 g/mol. The molecule has 6 heteroatoms. The maximum Gasteiger partial charge on any atom is 0.328 e. The van der Waals surface area contributed by atoms with Gasteiger partial charge in [-0.15, -0.1) is 0 Å². The molecule has 37 heavy (non-hydrogen) atoms. The van der Waals surface area contributed by atoms with Crippen molar-refractivity contribution in [3.63, 3.8) is 0 Å². The molecule has 0 atom stereocenters. The van der Waals surface area contributed by atoms with Crippen molar-refractivity contribution in [3.05, 3.63) is 90.0 Å². The molecule has 3 aromatic carbocycles. The van der Waals surface area contributed by atoms with Crippen LogP contribution in [0.5, 0.6) is 0 Å². The van der Waals surface area contributed by atoms with Gasteiger partial charge in [-0.2, -0.15) is 0 Å². The van der Waals surface area contributed by atoms with E-state index in [1.807, 2.05) is 43.3 Å². The molecule has 1 aliphatic rings. The van der Waals surface area contributed by atoms with Gasteiger partial charge in [0.05, 0.1) is 6.54 Å². The highest BCUT2D eigenvalue weighted by atomic mass is 16.4. The van der Waals surface area contributed by atoms with Crippen molar-refractivity contribution in [1.82, 2.24) is 0 Å². The number of hydrogen-bond acceptors (Lipinski definition) is 4. The van der Waals surface area contributed by atoms with Gasteiger partial charge in [-0.1, -0.05) is 48.5 Å². The van der Waals surface area contributed by atoms with Crippen LogP contribution in [-0.2, 0) is 16.1 Å². The molecule has 6 nitrogen and oxygen atoms in total. The molecule has 1 aliphatic carbocycles. The minimum atomic E-state index is -1.01. The summed E-state index contributed by atoms with van der Waals surface area (Å²) >= 11 is 0. The SMILES string of the molecule is CN(C)c1ccc(-c2ccc(CN(c3cccc(C=CC(=O)O)c3)C(=O)[C@H]3CC[C@H](N)CC3)cc2)cc1. The third kappa shape index (κ3) is 6.86. The number of carbonyl (C=O) groups excluding carboxylic acids is 1. The van der Waals surface area contributed by atoms with E-state index >= 15 is 0 Å². The van der Waals surface area contributed by atoms with Crippen molar-refractivity contribution < 1.29 is 14.7 Å². The number of amides is 1. The number of nitrogens with two attached hydrogens (primary N) is 1. The molecule has 0 heterocycles. The van der Waals surface area contributed by atoms with E-state index in [-0.39, 0.29) is 17.9 Å². The zero-order valence-electron chi connectivity index (χ0n) is 21.5. The number of nitrogens with zero attached hydrogens (tertiary/aromatic N) is 2. The maximum absolute atomic E-state index is 13.7. The highest BCUT2D eigenvalue weighted by Crippen LogP contribution is 2.30. The second kappa shape index (κ2) is 11.9. The van der Waals surface area contributed by atoms with E-state index in [1.54, 1.807) is 6.08 Å². The number of hydrogen-bond donors (Lipinski definition) is 2. The summed E-state index contributed by atoms with van der Waals surface area (Å²) in [6.07, 6.45) is 5.94. The van der Waals surface area contributed by atoms with E-state index in [4.69, 9.17) is 10.8 Å². The Balaban J connectivity index is 1.59. The second-order valence-corrected chi connectivity index (χ2v) is 9.94. The van der Waals surface area contributed by atoms with E-state index in [9.17, 15) is 9.59 Å². The maximum atomic E-state index is 13.7. The first-order valence-corrected chi connectivity index (χ1v) is 12.7. The summed E-state index contributed by atoms with van der Waals surface area (Å²) in [5, 5.41) is 9.01. The van der Waals surface area contributed by atoms with Crippen molar-refractivity contribution in [2.45, 2.75) is 38.3 Å². The van der Waals surface area contributed by atoms with Crippen LogP contribution in [0.2, 0.25) is 0 Å². The van der Waals surface area contributed by atoms with Crippen LogP contribution in [0.25, 0.3) is 17.2 Å². The minimum absolute atomic E-state index is 0.0625. The van der Waals surface area contributed by atoms with Gasteiger partial charge in [0.2, 0.25) is 5.91 Å². The third-order valence-electron chi connectivity index (χ3n) is 7.00. The van der Waals surface area contributed by atoms with Crippen LogP contribution in [-0.4, -0.2) is 37.1 Å². The summed E-state index contributed by atoms with van der Waals surface area (Å²) in [7, 11) is 4.05. The quantitative estimate of drug-likeness (QED) is 0.398. The van der Waals surface area contributed by atoms with Gasteiger partial charge >= 0.3 is 5.97 Å². The van der Waals surface area contributed by atoms with Gasteiger partial charge in [0.15, 0.2) is 0 Å². The molecule has 0 unspecified atom stereocenters. The van der Waals surface area contributed by atoms with E-state index in [2.05, 4.69) is 53.4 Å². The highest BCUT2D eigenvalue weighted by molar-refractivity contribution is 5.95. The van der Waals surface area contributed by atoms with Crippen molar-refractivity contribution in [3.8, 4) is 11.1 Å². The number of benzene rings is 3. The average Bonchev–Trinajstić information content (AvgIpc) is 2.91. The van der Waals surface area contributed by atoms with Gasteiger partial charge in [-0.05, 0) is 78.3 Å². The van der Waals surface area contributed by atoms with E-state index in [0.29, 0.717) is 6.54 Å². The van der Waals surface area contributed by atoms with Gasteiger partial charge < -0.3 is 20.6 Å². The number of anilines is 2. The van der Waals surface area contributed by atoms with Crippen LogP contribution in [0.3, 0.4) is 0 Å². The van der Waals surface area contributed by atoms with Crippen molar-refractivity contribution in [1.29, 1.82) is 0 Å². The number of rotatable bonds is 8. The molecule has 0 saturated heterocycles. The predicted molar refractivity (Wildman–Crippen MR) is 150 cm³/mol. The van der Waals surface area contributed by atoms with Crippen LogP contribution >= 0.6 is 0 Å². The van der Waals surface area contributed by atoms with Gasteiger partial charge in [-0.25, -0.2) is 4.79 Å². The second-order valence-electron chi connectivity index (χ2n) is 9.94. The molecule has 0 bridgehead atoms. The molecule has 4 rings (SSSR count). The number of carbonyl (C=O) groups is 2. The van der Waals surface area contributed by atoms with Crippen molar-refractivity contribution >= 4 is 29.3 Å². The van der Waals surface area contributed by atoms with Crippen LogP contribution in [0.15, 0.2) is 78.9 Å². The van der Waals surface area contributed by atoms with Gasteiger partial charge in [0.25, 0.3) is 0 Å². The van der Waals surface area contributed by atoms with Crippen molar-refractivity contribution in [2.24, 2.45) is 11.7 Å². The summed E-state index contributed by atoms with van der Waals surface area (Å²) in [6.45, 7) is 0.438. The van der Waals surface area contributed by atoms with E-state index in [0.717, 1.165) is 65.4 Å². The summed E-state index contributed by atoms with van der Waals surface area (Å²) in [4.78, 5) is 28.6. The van der Waals surface area contributed by atoms with E-state index in [1.165, 1.54) is 0 Å². The zero-order chi connectivity index (χ0) is 26.4. The van der Waals surface area contributed by atoms with Crippen LogP contribution < -0.4 is 15.5 Å². The Bertz CT molecular complexity index is 1240. The minimum Gasteiger partial charge on any atom is -0.478 e. The first-order chi connectivity index (χ1) is 17.8. The van der Waals surface area contributed by atoms with Gasteiger partial charge in [0.1, 0.15) is 0 Å². The lowest BCUT2D eigenvalue weighted by Crippen LogP contribution is -2.39. The molecule has 1 fully saturated rings. The molecule has 3 aromatic rings. The van der Waals surface area contributed by atoms with E-state index < -0.39 is 5.97 Å². The zero-order valence-corrected chi connectivity index (χ0v) is 21.5. The monoisotopic (exact) mass is 497 g/mol. The Kier molecular flexibility index (Phi) is 8.41. The first-order valence-electron chi connectivity index (χ1n) is 12.7. The summed E-state index contributed by atoms with van der Waals surface area (Å²) in [5.41, 5.74) is 12.0. The largest absolute Gasteiger partial charge is 0.478 e. The standard InChI is InChI=1S/C31H35N3O3/c1-33(2)28-17-13-25(14-18-28)24-9-6-23(7-10-24)21-34(31(37)26-11-15-27(32)16-12-26)29-5-3-4-22(20-29)8-19-30(35)36/h3-10,13-14,17-20,26-27H,11-12,15-16,21,32H2,1-2H3,(H,35,36)/t26-,27-. The van der Waals surface area contributed by atoms with Crippen LogP contribution in [0.1, 0.15) is 36.8 Å². The number of aliphatic carboxylic acids is 1. The lowest BCUT2D eigenvalue weighted by atomic mass is 9.85. The summed E-state index contributed by atoms with van der Waals surface area (Å²) in [5.74, 6) is -0.976. The fourth-order valence-electron chi connectivity index (χ4n) is 4.78. The summed E-state index contributed by atoms with van der Waals surface area (Å²) in [6, 6.07) is 24.4. The molecule has 1 amide bonds. The first kappa shape index (κ1) is 26.2. The van der Waals surface area contributed by atoms with Crippen LogP contribution in [0, 0.1) is 5.92 Å². The Labute approximate surface area is 219 Å². The fraction of sp³-hybridized carbons (Fsp3) is 0.290. The normalized spacial score (nSPS) is 17.5. The Hall–Kier alpha value is -3.90. The number of carboxylic acids is 1. The molecule has 0 spiro atoms. The van der Waals surface area contributed by atoms with Gasteiger partial charge in [-0.3, -0.25) is 4.79 Å². The predicted octanol–water partition coefficient (Wildman–Crippen LogP) is 5.57. The third-order valence-corrected chi connectivity index (χ3v) is 7.00. The smallest absolute Gasteiger partial charge is 0.328 e. The van der Waals surface area contributed by atoms with Crippen molar-refractivity contribution in [2.75, 3.05) is 23.9 Å². The average molecular weight is 498 g/mol. The summed E-state index contributed by atoms with van der Waals surface area (Å²) < 4.78 is 0. The Morgan fingerprint density at radius 2 is 1.51 bits per heavy atom. The topological polar surface area (TPSA) is 86.9 Å². The molecule has 0 aliphatic heterocycles. The Morgan fingerprint density at radius 1 is 0.892 bits per heavy atom. The number of carboxylic acid groups (broad SMARTS) is 1. The fourth-order valence-corrected chi connectivity index (χ4v) is 4.78. The molecule has 192 valence electrons. The molecule has 3 N–H and O–H groups in total. The molecule has 0 aromatic heterocycles. The molecule has 1 saturated carbocycles. The Morgan fingerprint density at radius 3 is 2.11 bits per heavy atom. The van der Waals surface area contributed by atoms with Crippen LogP contribution in [0.4, 0.5) is 11.4 Å². The lowest BCUT2D eigenvalue weighted by molar-refractivity contribution is -0.131. The molecule has 0 radical (unpaired) electrons. The highest BCUT2D eigenvalue weighted by Gasteiger charge is 2.29. The van der Waals surface area contributed by atoms with Gasteiger partial charge in [0, 0.05) is 43.5 Å². The lowest BCUT2D eigenvalue weighted by Gasteiger charge is -2.31.